The first kappa shape index (κ1) is 24.6. The van der Waals surface area contributed by atoms with Crippen molar-refractivity contribution in [1.29, 1.82) is 0 Å². The van der Waals surface area contributed by atoms with E-state index in [4.69, 9.17) is 14.2 Å². The minimum Gasteiger partial charge on any atom is -0.423 e. The van der Waals surface area contributed by atoms with Crippen LogP contribution in [0.3, 0.4) is 0 Å². The molecule has 6 heteroatoms. The Kier molecular flexibility index (Phi) is 7.76. The van der Waals surface area contributed by atoms with Crippen LogP contribution in [-0.4, -0.2) is 19.0 Å². The molecule has 3 aromatic carbocycles. The number of esters is 2. The zero-order chi connectivity index (χ0) is 24.8. The van der Waals surface area contributed by atoms with E-state index in [0.29, 0.717) is 33.8 Å². The van der Waals surface area contributed by atoms with Gasteiger partial charge in [-0.05, 0) is 66.4 Å². The third-order valence-electron chi connectivity index (χ3n) is 4.94. The van der Waals surface area contributed by atoms with E-state index in [-0.39, 0.29) is 12.2 Å². The zero-order valence-corrected chi connectivity index (χ0v) is 19.3. The SMILES string of the molecule is C=C(C)C(=O)Oc1ccc(-c2ccc(-c3ccc(OC(=O)C(=C)C)cc3COC)cc2F)cc1. The summed E-state index contributed by atoms with van der Waals surface area (Å²) < 4.78 is 30.8. The molecule has 0 aliphatic rings. The fourth-order valence-electron chi connectivity index (χ4n) is 3.20. The smallest absolute Gasteiger partial charge is 0.338 e. The summed E-state index contributed by atoms with van der Waals surface area (Å²) in [5, 5.41) is 0. The molecule has 0 heterocycles. The Hall–Kier alpha value is -4.03. The van der Waals surface area contributed by atoms with Crippen molar-refractivity contribution in [2.75, 3.05) is 7.11 Å². The predicted octanol–water partition coefficient (Wildman–Crippen LogP) is 6.27. The Morgan fingerprint density at radius 2 is 1.29 bits per heavy atom. The van der Waals surface area contributed by atoms with E-state index in [0.717, 1.165) is 11.1 Å². The number of halogens is 1. The van der Waals surface area contributed by atoms with Crippen LogP contribution in [0.4, 0.5) is 4.39 Å². The van der Waals surface area contributed by atoms with Gasteiger partial charge in [-0.25, -0.2) is 14.0 Å². The van der Waals surface area contributed by atoms with Gasteiger partial charge in [0, 0.05) is 23.8 Å². The van der Waals surface area contributed by atoms with Crippen LogP contribution < -0.4 is 9.47 Å². The molecule has 0 fully saturated rings. The molecule has 0 amide bonds. The van der Waals surface area contributed by atoms with Gasteiger partial charge in [0.15, 0.2) is 0 Å². The maximum Gasteiger partial charge on any atom is 0.338 e. The number of methoxy groups -OCH3 is 1. The van der Waals surface area contributed by atoms with Crippen LogP contribution in [0.25, 0.3) is 22.3 Å². The quantitative estimate of drug-likeness (QED) is 0.225. The molecule has 174 valence electrons. The van der Waals surface area contributed by atoms with Gasteiger partial charge in [0.05, 0.1) is 6.61 Å². The van der Waals surface area contributed by atoms with Crippen LogP contribution in [0.15, 0.2) is 85.0 Å². The largest absolute Gasteiger partial charge is 0.423 e. The van der Waals surface area contributed by atoms with Crippen molar-refractivity contribution in [3.05, 3.63) is 96.3 Å². The number of carbonyl (C=O) groups is 2. The number of benzene rings is 3. The molecule has 0 saturated carbocycles. The highest BCUT2D eigenvalue weighted by Gasteiger charge is 2.14. The molecule has 0 bridgehead atoms. The Morgan fingerprint density at radius 1 is 0.765 bits per heavy atom. The normalized spacial score (nSPS) is 10.5. The predicted molar refractivity (Wildman–Crippen MR) is 129 cm³/mol. The summed E-state index contributed by atoms with van der Waals surface area (Å²) in [7, 11) is 1.55. The fraction of sp³-hybridized carbons (Fsp3) is 0.143. The topological polar surface area (TPSA) is 61.8 Å². The summed E-state index contributed by atoms with van der Waals surface area (Å²) in [4.78, 5) is 23.5. The molecule has 0 atom stereocenters. The Balaban J connectivity index is 1.88. The Labute approximate surface area is 198 Å². The van der Waals surface area contributed by atoms with Gasteiger partial charge in [-0.2, -0.15) is 0 Å². The summed E-state index contributed by atoms with van der Waals surface area (Å²) in [6.45, 7) is 10.5. The van der Waals surface area contributed by atoms with Gasteiger partial charge in [-0.3, -0.25) is 0 Å². The highest BCUT2D eigenvalue weighted by atomic mass is 19.1. The second-order valence-electron chi connectivity index (χ2n) is 7.81. The average Bonchev–Trinajstić information content (AvgIpc) is 2.80. The van der Waals surface area contributed by atoms with Crippen molar-refractivity contribution in [3.8, 4) is 33.8 Å². The summed E-state index contributed by atoms with van der Waals surface area (Å²) in [5.74, 6) is -0.744. The van der Waals surface area contributed by atoms with Crippen LogP contribution in [0.2, 0.25) is 0 Å². The summed E-state index contributed by atoms with van der Waals surface area (Å²) in [5.41, 5.74) is 3.77. The average molecular weight is 461 g/mol. The molecule has 5 nitrogen and oxygen atoms in total. The van der Waals surface area contributed by atoms with E-state index < -0.39 is 17.8 Å². The number of hydrogen-bond acceptors (Lipinski definition) is 5. The van der Waals surface area contributed by atoms with Crippen LogP contribution in [0.1, 0.15) is 19.4 Å². The van der Waals surface area contributed by atoms with Crippen LogP contribution >= 0.6 is 0 Å². The van der Waals surface area contributed by atoms with E-state index in [2.05, 4.69) is 13.2 Å². The van der Waals surface area contributed by atoms with Gasteiger partial charge in [-0.15, -0.1) is 0 Å². The summed E-state index contributed by atoms with van der Waals surface area (Å²) >= 11 is 0. The van der Waals surface area contributed by atoms with Crippen molar-refractivity contribution >= 4 is 11.9 Å². The monoisotopic (exact) mass is 460 g/mol. The molecule has 0 radical (unpaired) electrons. The van der Waals surface area contributed by atoms with Crippen LogP contribution in [0, 0.1) is 5.82 Å². The zero-order valence-electron chi connectivity index (χ0n) is 19.3. The number of hydrogen-bond donors (Lipinski definition) is 0. The molecule has 0 N–H and O–H groups in total. The lowest BCUT2D eigenvalue weighted by atomic mass is 9.96. The van der Waals surface area contributed by atoms with E-state index in [1.807, 2.05) is 6.07 Å². The molecule has 0 spiro atoms. The molecule has 0 aromatic heterocycles. The first-order chi connectivity index (χ1) is 16.2. The van der Waals surface area contributed by atoms with Crippen molar-refractivity contribution in [2.24, 2.45) is 0 Å². The lowest BCUT2D eigenvalue weighted by Crippen LogP contribution is -2.08. The van der Waals surface area contributed by atoms with Gasteiger partial charge in [0.1, 0.15) is 17.3 Å². The van der Waals surface area contributed by atoms with E-state index in [1.165, 1.54) is 6.07 Å². The summed E-state index contributed by atoms with van der Waals surface area (Å²) in [6.07, 6.45) is 0. The molecule has 3 rings (SSSR count). The first-order valence-electron chi connectivity index (χ1n) is 10.5. The van der Waals surface area contributed by atoms with Gasteiger partial charge in [0.2, 0.25) is 0 Å². The molecule has 0 aliphatic carbocycles. The number of ether oxygens (including phenoxy) is 3. The minimum atomic E-state index is -0.521. The third-order valence-corrected chi connectivity index (χ3v) is 4.94. The Morgan fingerprint density at radius 3 is 1.85 bits per heavy atom. The van der Waals surface area contributed by atoms with E-state index >= 15 is 4.39 Å². The lowest BCUT2D eigenvalue weighted by Gasteiger charge is -2.13. The molecule has 3 aromatic rings. The minimum absolute atomic E-state index is 0.252. The number of carbonyl (C=O) groups excluding carboxylic acids is 2. The van der Waals surface area contributed by atoms with E-state index in [1.54, 1.807) is 69.5 Å². The fourth-order valence-corrected chi connectivity index (χ4v) is 3.20. The van der Waals surface area contributed by atoms with Crippen molar-refractivity contribution in [1.82, 2.24) is 0 Å². The van der Waals surface area contributed by atoms with Crippen molar-refractivity contribution in [2.45, 2.75) is 20.5 Å². The molecule has 0 unspecified atom stereocenters. The highest BCUT2D eigenvalue weighted by molar-refractivity contribution is 5.89. The highest BCUT2D eigenvalue weighted by Crippen LogP contribution is 2.32. The van der Waals surface area contributed by atoms with Gasteiger partial charge >= 0.3 is 11.9 Å². The summed E-state index contributed by atoms with van der Waals surface area (Å²) in [6, 6.07) is 16.6. The van der Waals surface area contributed by atoms with Crippen LogP contribution in [0.5, 0.6) is 11.5 Å². The second-order valence-corrected chi connectivity index (χ2v) is 7.81. The molecular formula is C28H25FO5. The lowest BCUT2D eigenvalue weighted by molar-refractivity contribution is -0.130. The maximum absolute atomic E-state index is 15.1. The molecule has 34 heavy (non-hydrogen) atoms. The molecule has 0 saturated heterocycles. The van der Waals surface area contributed by atoms with Crippen molar-refractivity contribution < 1.29 is 28.2 Å². The Bertz CT molecular complexity index is 1260. The first-order valence-corrected chi connectivity index (χ1v) is 10.5. The third kappa shape index (κ3) is 5.85. The van der Waals surface area contributed by atoms with Gasteiger partial charge in [0.25, 0.3) is 0 Å². The van der Waals surface area contributed by atoms with Crippen LogP contribution in [-0.2, 0) is 20.9 Å². The maximum atomic E-state index is 15.1. The molecular weight excluding hydrogens is 435 g/mol. The number of rotatable bonds is 8. The standard InChI is InChI=1S/C28H25FO5/c1-17(2)27(30)33-22-9-6-19(7-10-22)25-12-8-20(15-26(25)29)24-13-11-23(14-21(24)16-32-5)34-28(31)18(3)4/h6-15H,1,3,16H2,2,4-5H3. The van der Waals surface area contributed by atoms with E-state index in [9.17, 15) is 9.59 Å². The van der Waals surface area contributed by atoms with Gasteiger partial charge < -0.3 is 14.2 Å². The van der Waals surface area contributed by atoms with Crippen molar-refractivity contribution in [3.63, 3.8) is 0 Å². The van der Waals surface area contributed by atoms with Gasteiger partial charge in [-0.1, -0.05) is 43.5 Å². The molecule has 0 aliphatic heterocycles. The second kappa shape index (κ2) is 10.7.